The Hall–Kier alpha value is -0.610. The summed E-state index contributed by atoms with van der Waals surface area (Å²) in [6, 6.07) is 0. The monoisotopic (exact) mass is 378 g/mol. The zero-order valence-electron chi connectivity index (χ0n) is 17.9. The van der Waals surface area contributed by atoms with Crippen molar-refractivity contribution >= 4 is 5.97 Å². The van der Waals surface area contributed by atoms with Gasteiger partial charge in [0.05, 0.1) is 0 Å². The van der Waals surface area contributed by atoms with Crippen molar-refractivity contribution in [1.82, 2.24) is 0 Å². The largest absolute Gasteiger partial charge is 0.462 e. The molecule has 27 heavy (non-hydrogen) atoms. The molecule has 4 fully saturated rings. The highest BCUT2D eigenvalue weighted by atomic mass is 16.7. The van der Waals surface area contributed by atoms with Gasteiger partial charge < -0.3 is 14.2 Å². The molecule has 0 aromatic carbocycles. The van der Waals surface area contributed by atoms with Crippen LogP contribution in [-0.2, 0) is 19.0 Å². The second-order valence-corrected chi connectivity index (χ2v) is 10.4. The predicted octanol–water partition coefficient (Wildman–Crippen LogP) is 4.95. The minimum Gasteiger partial charge on any atom is -0.462 e. The minimum absolute atomic E-state index is 0.109. The van der Waals surface area contributed by atoms with Crippen molar-refractivity contribution in [2.45, 2.75) is 90.4 Å². The average Bonchev–Trinajstić information content (AvgIpc) is 2.97. The van der Waals surface area contributed by atoms with Gasteiger partial charge in [0.25, 0.3) is 0 Å². The molecule has 0 aliphatic heterocycles. The van der Waals surface area contributed by atoms with Gasteiger partial charge in [0.15, 0.2) is 5.79 Å². The molecule has 4 aliphatic rings. The number of rotatable bonds is 3. The molecule has 4 heteroatoms. The van der Waals surface area contributed by atoms with E-state index >= 15 is 0 Å². The van der Waals surface area contributed by atoms with E-state index in [1.807, 2.05) is 0 Å². The lowest BCUT2D eigenvalue weighted by atomic mass is 9.45. The summed E-state index contributed by atoms with van der Waals surface area (Å²) in [7, 11) is 3.61. The van der Waals surface area contributed by atoms with Crippen molar-refractivity contribution in [1.29, 1.82) is 0 Å². The van der Waals surface area contributed by atoms with Crippen molar-refractivity contribution in [2.24, 2.45) is 34.5 Å². The van der Waals surface area contributed by atoms with E-state index in [0.717, 1.165) is 37.0 Å². The maximum Gasteiger partial charge on any atom is 0.302 e. The molecule has 4 saturated carbocycles. The van der Waals surface area contributed by atoms with Gasteiger partial charge >= 0.3 is 5.97 Å². The van der Waals surface area contributed by atoms with Crippen LogP contribution in [0.3, 0.4) is 0 Å². The van der Waals surface area contributed by atoms with Gasteiger partial charge in [-0.2, -0.15) is 0 Å². The Balaban J connectivity index is 1.55. The Labute approximate surface area is 164 Å². The summed E-state index contributed by atoms with van der Waals surface area (Å²) in [5, 5.41) is 0. The fourth-order valence-electron chi connectivity index (χ4n) is 8.00. The van der Waals surface area contributed by atoms with Crippen molar-refractivity contribution in [3.05, 3.63) is 0 Å². The lowest BCUT2D eigenvalue weighted by molar-refractivity contribution is -0.261. The number of methoxy groups -OCH3 is 2. The smallest absolute Gasteiger partial charge is 0.302 e. The standard InChI is InChI=1S/C23H38O4/c1-15(24)27-20-9-8-18-17-7-6-16-14-23(25-4,26-5)13-12-21(16,2)19(17)10-11-22(18,20)3/h16-20H,6-14H2,1-5H3/t16-,17+,18-,19+,20-,21-,22-/m0/s1. The van der Waals surface area contributed by atoms with Crippen molar-refractivity contribution in [3.8, 4) is 0 Å². The first-order valence-electron chi connectivity index (χ1n) is 11.1. The number of hydrogen-bond acceptors (Lipinski definition) is 4. The Morgan fingerprint density at radius 3 is 2.22 bits per heavy atom. The fourth-order valence-corrected chi connectivity index (χ4v) is 8.00. The van der Waals surface area contributed by atoms with Gasteiger partial charge in [-0.25, -0.2) is 0 Å². The van der Waals surface area contributed by atoms with Crippen LogP contribution in [0.1, 0.15) is 78.6 Å². The second kappa shape index (κ2) is 6.73. The molecule has 0 spiro atoms. The van der Waals surface area contributed by atoms with E-state index in [4.69, 9.17) is 14.2 Å². The third-order valence-corrected chi connectivity index (χ3v) is 9.63. The molecular weight excluding hydrogens is 340 g/mol. The normalized spacial score (nSPS) is 48.3. The van der Waals surface area contributed by atoms with Crippen LogP contribution in [0.25, 0.3) is 0 Å². The summed E-state index contributed by atoms with van der Waals surface area (Å²) in [5.41, 5.74) is 0.595. The molecule has 0 amide bonds. The van der Waals surface area contributed by atoms with E-state index in [1.165, 1.54) is 38.5 Å². The number of fused-ring (bicyclic) bond motifs is 5. The maximum atomic E-state index is 11.6. The van der Waals surface area contributed by atoms with E-state index in [1.54, 1.807) is 21.1 Å². The molecule has 4 nitrogen and oxygen atoms in total. The highest BCUT2D eigenvalue weighted by Gasteiger charge is 2.62. The molecule has 0 unspecified atom stereocenters. The Morgan fingerprint density at radius 1 is 0.852 bits per heavy atom. The highest BCUT2D eigenvalue weighted by molar-refractivity contribution is 5.66. The molecular formula is C23H38O4. The maximum absolute atomic E-state index is 11.6. The molecule has 7 atom stereocenters. The number of esters is 1. The number of carbonyl (C=O) groups excluding carboxylic acids is 1. The van der Waals surface area contributed by atoms with Crippen LogP contribution < -0.4 is 0 Å². The number of hydrogen-bond donors (Lipinski definition) is 0. The molecule has 4 rings (SSSR count). The van der Waals surface area contributed by atoms with E-state index in [0.29, 0.717) is 11.3 Å². The van der Waals surface area contributed by atoms with E-state index in [2.05, 4.69) is 13.8 Å². The highest BCUT2D eigenvalue weighted by Crippen LogP contribution is 2.67. The SMILES string of the molecule is COC1(OC)CC[C@@]2(C)[C@@H](CC[C@H]3[C@H]2CC[C@]2(C)[C@@H](OC(C)=O)CC[C@@H]32)C1. The predicted molar refractivity (Wildman–Crippen MR) is 104 cm³/mol. The topological polar surface area (TPSA) is 44.8 Å². The first-order valence-corrected chi connectivity index (χ1v) is 11.1. The Morgan fingerprint density at radius 2 is 1.56 bits per heavy atom. The van der Waals surface area contributed by atoms with Crippen LogP contribution in [0.2, 0.25) is 0 Å². The summed E-state index contributed by atoms with van der Waals surface area (Å²) in [6.07, 6.45) is 10.8. The van der Waals surface area contributed by atoms with Crippen LogP contribution in [0.5, 0.6) is 0 Å². The van der Waals surface area contributed by atoms with E-state index in [9.17, 15) is 4.79 Å². The van der Waals surface area contributed by atoms with Crippen LogP contribution in [-0.4, -0.2) is 32.1 Å². The Kier molecular flexibility index (Phi) is 4.91. The molecule has 0 saturated heterocycles. The average molecular weight is 379 g/mol. The van der Waals surface area contributed by atoms with E-state index < -0.39 is 0 Å². The van der Waals surface area contributed by atoms with Crippen LogP contribution >= 0.6 is 0 Å². The quantitative estimate of drug-likeness (QED) is 0.515. The molecule has 0 heterocycles. The van der Waals surface area contributed by atoms with Gasteiger partial charge in [-0.05, 0) is 74.0 Å². The van der Waals surface area contributed by atoms with E-state index in [-0.39, 0.29) is 23.3 Å². The molecule has 154 valence electrons. The van der Waals surface area contributed by atoms with Crippen LogP contribution in [0.15, 0.2) is 0 Å². The Bertz CT molecular complexity index is 585. The fraction of sp³-hybridized carbons (Fsp3) is 0.957. The first-order chi connectivity index (χ1) is 12.8. The summed E-state index contributed by atoms with van der Waals surface area (Å²) >= 11 is 0. The molecule has 0 N–H and O–H groups in total. The third kappa shape index (κ3) is 2.88. The summed E-state index contributed by atoms with van der Waals surface area (Å²) in [6.45, 7) is 6.53. The number of ether oxygens (including phenoxy) is 3. The number of carbonyl (C=O) groups is 1. The molecule has 0 bridgehead atoms. The summed E-state index contributed by atoms with van der Waals surface area (Å²) < 4.78 is 17.4. The van der Waals surface area contributed by atoms with Crippen molar-refractivity contribution in [2.75, 3.05) is 14.2 Å². The molecule has 0 aromatic rings. The van der Waals surface area contributed by atoms with Gasteiger partial charge in [0.2, 0.25) is 0 Å². The first kappa shape index (κ1) is 19.7. The van der Waals surface area contributed by atoms with Gasteiger partial charge in [-0.1, -0.05) is 13.8 Å². The van der Waals surface area contributed by atoms with Crippen molar-refractivity contribution in [3.63, 3.8) is 0 Å². The van der Waals surface area contributed by atoms with Gasteiger partial charge in [0.1, 0.15) is 6.10 Å². The third-order valence-electron chi connectivity index (χ3n) is 9.63. The van der Waals surface area contributed by atoms with Gasteiger partial charge in [-0.3, -0.25) is 4.79 Å². The minimum atomic E-state index is -0.367. The molecule has 4 aliphatic carbocycles. The zero-order chi connectivity index (χ0) is 19.4. The zero-order valence-corrected chi connectivity index (χ0v) is 17.9. The second-order valence-electron chi connectivity index (χ2n) is 10.4. The van der Waals surface area contributed by atoms with Crippen LogP contribution in [0.4, 0.5) is 0 Å². The summed E-state index contributed by atoms with van der Waals surface area (Å²) in [4.78, 5) is 11.6. The molecule has 0 aromatic heterocycles. The summed E-state index contributed by atoms with van der Waals surface area (Å²) in [5.74, 6) is 2.54. The van der Waals surface area contributed by atoms with Crippen molar-refractivity contribution < 1.29 is 19.0 Å². The van der Waals surface area contributed by atoms with Gasteiger partial charge in [-0.15, -0.1) is 0 Å². The lowest BCUT2D eigenvalue weighted by Crippen LogP contribution is -2.57. The molecule has 0 radical (unpaired) electrons. The van der Waals surface area contributed by atoms with Gasteiger partial charge in [0, 0.05) is 39.4 Å². The lowest BCUT2D eigenvalue weighted by Gasteiger charge is -2.62. The van der Waals surface area contributed by atoms with Crippen LogP contribution in [0, 0.1) is 34.5 Å².